The Kier molecular flexibility index (Phi) is 4.49. The summed E-state index contributed by atoms with van der Waals surface area (Å²) in [4.78, 5) is 26.8. The number of nitrogens with zero attached hydrogens (tertiary/aromatic N) is 2. The van der Waals surface area contributed by atoms with Gasteiger partial charge in [-0.05, 0) is 26.8 Å². The third-order valence-electron chi connectivity index (χ3n) is 4.36. The highest BCUT2D eigenvalue weighted by Crippen LogP contribution is 2.20. The van der Waals surface area contributed by atoms with Crippen molar-refractivity contribution in [2.24, 2.45) is 0 Å². The second-order valence-electron chi connectivity index (χ2n) is 5.90. The van der Waals surface area contributed by atoms with Crippen molar-refractivity contribution in [3.8, 4) is 0 Å². The maximum Gasteiger partial charge on any atom is 0.326 e. The smallest absolute Gasteiger partial charge is 0.326 e. The predicted octanol–water partition coefficient (Wildman–Crippen LogP) is -0.301. The fourth-order valence-electron chi connectivity index (χ4n) is 2.95. The van der Waals surface area contributed by atoms with E-state index in [9.17, 15) is 14.7 Å². The second-order valence-corrected chi connectivity index (χ2v) is 5.90. The first kappa shape index (κ1) is 15.1. The Labute approximate surface area is 118 Å². The molecule has 2 unspecified atom stereocenters. The van der Waals surface area contributed by atoms with E-state index in [1.807, 2.05) is 0 Å². The first-order chi connectivity index (χ1) is 9.38. The van der Waals surface area contributed by atoms with Crippen LogP contribution in [0, 0.1) is 0 Å². The number of aliphatic hydroxyl groups excluding tert-OH is 1. The number of rotatable bonds is 2. The first-order valence-corrected chi connectivity index (χ1v) is 7.06. The Hall–Kier alpha value is -1.34. The maximum absolute atomic E-state index is 12.2. The number of hydrogen-bond donors (Lipinski definition) is 3. The van der Waals surface area contributed by atoms with Crippen molar-refractivity contribution in [1.82, 2.24) is 15.1 Å². The van der Waals surface area contributed by atoms with Crippen LogP contribution in [0.15, 0.2) is 0 Å². The number of amides is 2. The molecule has 2 heterocycles. The lowest BCUT2D eigenvalue weighted by Crippen LogP contribution is -2.53. The summed E-state index contributed by atoms with van der Waals surface area (Å²) in [6, 6.07) is -0.834. The zero-order chi connectivity index (χ0) is 14.9. The lowest BCUT2D eigenvalue weighted by molar-refractivity contribution is -0.141. The minimum absolute atomic E-state index is 0.0703. The molecular weight excluding hydrogens is 262 g/mol. The Balaban J connectivity index is 1.92. The molecule has 20 heavy (non-hydrogen) atoms. The Morgan fingerprint density at radius 2 is 2.00 bits per heavy atom. The molecule has 2 amide bonds. The van der Waals surface area contributed by atoms with Crippen molar-refractivity contribution in [2.75, 3.05) is 20.1 Å². The van der Waals surface area contributed by atoms with Gasteiger partial charge in [0.25, 0.3) is 0 Å². The maximum atomic E-state index is 12.2. The van der Waals surface area contributed by atoms with Crippen molar-refractivity contribution in [1.29, 1.82) is 0 Å². The molecule has 0 aliphatic carbocycles. The molecule has 2 saturated heterocycles. The average molecular weight is 285 g/mol. The number of nitrogens with one attached hydrogen (secondary N) is 1. The number of hydrogen-bond acceptors (Lipinski definition) is 4. The monoisotopic (exact) mass is 285 g/mol. The lowest BCUT2D eigenvalue weighted by atomic mass is 9.99. The summed E-state index contributed by atoms with van der Waals surface area (Å²) in [5.74, 6) is -1.06. The SMILES string of the molecule is CC1CC(NC(=O)N2C[C@H](O)C[C@@H]2C(=O)O)CCN1C. The van der Waals surface area contributed by atoms with Gasteiger partial charge in [-0.25, -0.2) is 9.59 Å². The summed E-state index contributed by atoms with van der Waals surface area (Å²) in [7, 11) is 2.06. The van der Waals surface area contributed by atoms with E-state index in [-0.39, 0.29) is 25.0 Å². The van der Waals surface area contributed by atoms with Crippen molar-refractivity contribution in [3.63, 3.8) is 0 Å². The van der Waals surface area contributed by atoms with Gasteiger partial charge >= 0.3 is 12.0 Å². The molecule has 0 aromatic carbocycles. The molecule has 4 atom stereocenters. The number of carboxylic acids is 1. The van der Waals surface area contributed by atoms with Crippen LogP contribution in [0.3, 0.4) is 0 Å². The number of aliphatic carboxylic acids is 1. The van der Waals surface area contributed by atoms with E-state index in [4.69, 9.17) is 5.11 Å². The number of carboxylic acid groups (broad SMARTS) is 1. The van der Waals surface area contributed by atoms with E-state index in [2.05, 4.69) is 24.2 Å². The molecule has 114 valence electrons. The molecule has 0 bridgehead atoms. The van der Waals surface area contributed by atoms with Crippen LogP contribution in [-0.4, -0.2) is 76.4 Å². The van der Waals surface area contributed by atoms with Gasteiger partial charge in [0, 0.05) is 31.6 Å². The lowest BCUT2D eigenvalue weighted by Gasteiger charge is -2.36. The largest absolute Gasteiger partial charge is 0.480 e. The summed E-state index contributed by atoms with van der Waals surface area (Å²) in [6.45, 7) is 3.11. The van der Waals surface area contributed by atoms with E-state index < -0.39 is 18.1 Å². The van der Waals surface area contributed by atoms with Gasteiger partial charge in [0.15, 0.2) is 0 Å². The molecule has 7 heteroatoms. The standard InChI is InChI=1S/C13H23N3O4/c1-8-5-9(3-4-15(8)2)14-13(20)16-7-10(17)6-11(16)12(18)19/h8-11,17H,3-7H2,1-2H3,(H,14,20)(H,18,19)/t8?,9?,10-,11-/m1/s1. The van der Waals surface area contributed by atoms with Crippen molar-refractivity contribution in [3.05, 3.63) is 0 Å². The molecule has 0 radical (unpaired) electrons. The topological polar surface area (TPSA) is 93.1 Å². The van der Waals surface area contributed by atoms with Crippen molar-refractivity contribution >= 4 is 12.0 Å². The number of carbonyl (C=O) groups is 2. The molecule has 3 N–H and O–H groups in total. The highest BCUT2D eigenvalue weighted by molar-refractivity contribution is 5.83. The van der Waals surface area contributed by atoms with E-state index in [0.717, 1.165) is 19.4 Å². The molecule has 2 fully saturated rings. The summed E-state index contributed by atoms with van der Waals surface area (Å²) in [5.41, 5.74) is 0. The van der Waals surface area contributed by atoms with Crippen molar-refractivity contribution in [2.45, 2.75) is 50.4 Å². The van der Waals surface area contributed by atoms with E-state index in [1.165, 1.54) is 4.90 Å². The predicted molar refractivity (Wildman–Crippen MR) is 72.4 cm³/mol. The number of likely N-dealkylation sites (tertiary alicyclic amines) is 2. The summed E-state index contributed by atoms with van der Waals surface area (Å²) in [6.07, 6.45) is 1.07. The average Bonchev–Trinajstić information content (AvgIpc) is 2.76. The van der Waals surface area contributed by atoms with Crippen LogP contribution in [0.2, 0.25) is 0 Å². The fraction of sp³-hybridized carbons (Fsp3) is 0.846. The summed E-state index contributed by atoms with van der Waals surface area (Å²) < 4.78 is 0. The summed E-state index contributed by atoms with van der Waals surface area (Å²) >= 11 is 0. The normalized spacial score (nSPS) is 35.0. The third-order valence-corrected chi connectivity index (χ3v) is 4.36. The molecule has 2 aliphatic heterocycles. The van der Waals surface area contributed by atoms with Gasteiger partial charge in [-0.15, -0.1) is 0 Å². The fourth-order valence-corrected chi connectivity index (χ4v) is 2.95. The van der Waals surface area contributed by atoms with Gasteiger partial charge < -0.3 is 25.3 Å². The molecule has 0 saturated carbocycles. The van der Waals surface area contributed by atoms with Crippen molar-refractivity contribution < 1.29 is 19.8 Å². The van der Waals surface area contributed by atoms with Gasteiger partial charge in [-0.2, -0.15) is 0 Å². The van der Waals surface area contributed by atoms with Gasteiger partial charge in [-0.1, -0.05) is 0 Å². The van der Waals surface area contributed by atoms with E-state index >= 15 is 0 Å². The molecular formula is C13H23N3O4. The highest BCUT2D eigenvalue weighted by atomic mass is 16.4. The van der Waals surface area contributed by atoms with Crippen LogP contribution in [0.1, 0.15) is 26.2 Å². The number of β-amino-alcohol motifs (C(OH)–C–C–N with tert-alkyl or cyclic N) is 1. The van der Waals surface area contributed by atoms with Gasteiger partial charge in [0.1, 0.15) is 6.04 Å². The Bertz CT molecular complexity index is 390. The molecule has 0 aromatic rings. The molecule has 0 aromatic heterocycles. The minimum atomic E-state index is -1.06. The number of carbonyl (C=O) groups excluding carboxylic acids is 1. The van der Waals surface area contributed by atoms with Gasteiger partial charge in [0.05, 0.1) is 6.10 Å². The Morgan fingerprint density at radius 3 is 2.60 bits per heavy atom. The highest BCUT2D eigenvalue weighted by Gasteiger charge is 2.39. The van der Waals surface area contributed by atoms with Crippen LogP contribution in [-0.2, 0) is 4.79 Å². The van der Waals surface area contributed by atoms with Gasteiger partial charge in [0.2, 0.25) is 0 Å². The van der Waals surface area contributed by atoms with E-state index in [0.29, 0.717) is 6.04 Å². The molecule has 7 nitrogen and oxygen atoms in total. The van der Waals surface area contributed by atoms with Crippen LogP contribution < -0.4 is 5.32 Å². The quantitative estimate of drug-likeness (QED) is 0.647. The number of piperidine rings is 1. The van der Waals surface area contributed by atoms with Crippen LogP contribution >= 0.6 is 0 Å². The second kappa shape index (κ2) is 5.97. The zero-order valence-electron chi connectivity index (χ0n) is 12.0. The minimum Gasteiger partial charge on any atom is -0.480 e. The molecule has 2 aliphatic rings. The van der Waals surface area contributed by atoms with Crippen LogP contribution in [0.4, 0.5) is 4.79 Å². The zero-order valence-corrected chi connectivity index (χ0v) is 12.0. The first-order valence-electron chi connectivity index (χ1n) is 7.06. The molecule has 0 spiro atoms. The van der Waals surface area contributed by atoms with Crippen LogP contribution in [0.25, 0.3) is 0 Å². The molecule has 2 rings (SSSR count). The number of urea groups is 1. The summed E-state index contributed by atoms with van der Waals surface area (Å²) in [5, 5.41) is 21.6. The van der Waals surface area contributed by atoms with Crippen LogP contribution in [0.5, 0.6) is 0 Å². The third kappa shape index (κ3) is 3.21. The van der Waals surface area contributed by atoms with Gasteiger partial charge in [-0.3, -0.25) is 0 Å². The Morgan fingerprint density at radius 1 is 1.30 bits per heavy atom. The number of aliphatic hydroxyl groups is 1. The van der Waals surface area contributed by atoms with E-state index in [1.54, 1.807) is 0 Å².